The molecule has 2 aliphatic heterocycles. The van der Waals surface area contributed by atoms with Crippen LogP contribution < -0.4 is 5.32 Å². The molecule has 2 N–H and O–H groups in total. The number of carbonyl (C=O) groups excluding carboxylic acids is 1. The molecule has 2 heterocycles. The van der Waals surface area contributed by atoms with Gasteiger partial charge in [-0.25, -0.2) is 0 Å². The average Bonchev–Trinajstić information content (AvgIpc) is 2.72. The van der Waals surface area contributed by atoms with Gasteiger partial charge in [-0.3, -0.25) is 4.79 Å². The summed E-state index contributed by atoms with van der Waals surface area (Å²) in [6.45, 7) is 6.03. The number of aliphatic hydroxyl groups is 1. The third-order valence-corrected chi connectivity index (χ3v) is 5.99. The number of nitrogens with one attached hydrogen (secondary N) is 1. The van der Waals surface area contributed by atoms with Gasteiger partial charge in [-0.1, -0.05) is 42.5 Å². The summed E-state index contributed by atoms with van der Waals surface area (Å²) >= 11 is 0. The van der Waals surface area contributed by atoms with Gasteiger partial charge in [0.05, 0.1) is 6.10 Å². The van der Waals surface area contributed by atoms with Crippen LogP contribution in [-0.4, -0.2) is 72.7 Å². The predicted molar refractivity (Wildman–Crippen MR) is 108 cm³/mol. The second kappa shape index (κ2) is 8.38. The van der Waals surface area contributed by atoms with Gasteiger partial charge < -0.3 is 20.2 Å². The summed E-state index contributed by atoms with van der Waals surface area (Å²) in [4.78, 5) is 16.8. The second-order valence-corrected chi connectivity index (χ2v) is 7.75. The lowest BCUT2D eigenvalue weighted by Gasteiger charge is -2.37. The van der Waals surface area contributed by atoms with Crippen LogP contribution in [0.3, 0.4) is 0 Å². The van der Waals surface area contributed by atoms with Crippen LogP contribution in [0.15, 0.2) is 42.5 Å². The van der Waals surface area contributed by atoms with Crippen LogP contribution in [-0.2, 0) is 4.79 Å². The number of β-amino-alcohol motifs (C(OH)–C–C–N with tert-alkyl or cyclic N) is 1. The Morgan fingerprint density at radius 1 is 1.07 bits per heavy atom. The van der Waals surface area contributed by atoms with E-state index in [0.29, 0.717) is 13.0 Å². The second-order valence-electron chi connectivity index (χ2n) is 7.75. The molecule has 0 spiro atoms. The summed E-state index contributed by atoms with van der Waals surface area (Å²) in [5, 5.41) is 16.5. The van der Waals surface area contributed by atoms with Gasteiger partial charge in [0.25, 0.3) is 0 Å². The Kier molecular flexibility index (Phi) is 5.72. The molecule has 144 valence electrons. The van der Waals surface area contributed by atoms with Crippen molar-refractivity contribution in [2.75, 3.05) is 45.8 Å². The Labute approximate surface area is 161 Å². The van der Waals surface area contributed by atoms with Crippen molar-refractivity contribution in [3.63, 3.8) is 0 Å². The van der Waals surface area contributed by atoms with Gasteiger partial charge in [0.15, 0.2) is 0 Å². The zero-order valence-corrected chi connectivity index (χ0v) is 15.8. The smallest absolute Gasteiger partial charge is 0.223 e. The minimum absolute atomic E-state index is 0.104. The molecule has 0 aromatic heterocycles. The van der Waals surface area contributed by atoms with Crippen LogP contribution in [0.4, 0.5) is 0 Å². The zero-order chi connectivity index (χ0) is 18.6. The van der Waals surface area contributed by atoms with Crippen LogP contribution in [0.25, 0.3) is 10.8 Å². The lowest BCUT2D eigenvalue weighted by molar-refractivity contribution is -0.135. The molecule has 0 radical (unpaired) electrons. The molecule has 0 aliphatic carbocycles. The van der Waals surface area contributed by atoms with E-state index in [9.17, 15) is 9.90 Å². The molecule has 5 heteroatoms. The summed E-state index contributed by atoms with van der Waals surface area (Å²) < 4.78 is 0. The first-order chi connectivity index (χ1) is 13.2. The summed E-state index contributed by atoms with van der Waals surface area (Å²) in [7, 11) is 0. The standard InChI is InChI=1S/C22H29N3O2/c26-21-16-25(22(27)8-11-24-13-9-23-10-14-24)12-7-20(21)19-6-5-17-3-1-2-4-18(17)15-19/h1-6,15,20-21,23,26H,7-14,16H2. The molecule has 0 saturated carbocycles. The molecule has 2 atom stereocenters. The number of fused-ring (bicyclic) bond motifs is 1. The molecule has 5 nitrogen and oxygen atoms in total. The fraction of sp³-hybridized carbons (Fsp3) is 0.500. The lowest BCUT2D eigenvalue weighted by Crippen LogP contribution is -2.48. The third kappa shape index (κ3) is 4.32. The fourth-order valence-electron chi connectivity index (χ4n) is 4.33. The van der Waals surface area contributed by atoms with E-state index >= 15 is 0 Å². The minimum atomic E-state index is -0.497. The predicted octanol–water partition coefficient (Wildman–Crippen LogP) is 1.81. The number of rotatable bonds is 4. The molecule has 2 saturated heterocycles. The molecule has 2 aliphatic rings. The number of piperazine rings is 1. The van der Waals surface area contributed by atoms with Crippen molar-refractivity contribution in [1.82, 2.24) is 15.1 Å². The summed E-state index contributed by atoms with van der Waals surface area (Å²) in [5.41, 5.74) is 1.18. The SMILES string of the molecule is O=C(CCN1CCNCC1)N1CCC(c2ccc3ccccc3c2)C(O)C1. The number of likely N-dealkylation sites (tertiary alicyclic amines) is 1. The maximum absolute atomic E-state index is 12.6. The van der Waals surface area contributed by atoms with Crippen molar-refractivity contribution in [2.24, 2.45) is 0 Å². The molecule has 1 amide bonds. The third-order valence-electron chi connectivity index (χ3n) is 5.99. The van der Waals surface area contributed by atoms with E-state index in [1.54, 1.807) is 0 Å². The number of carbonyl (C=O) groups is 1. The van der Waals surface area contributed by atoms with Gasteiger partial charge in [-0.05, 0) is 22.8 Å². The number of nitrogens with zero attached hydrogens (tertiary/aromatic N) is 2. The van der Waals surface area contributed by atoms with Crippen molar-refractivity contribution in [2.45, 2.75) is 24.9 Å². The van der Waals surface area contributed by atoms with Gasteiger partial charge in [-0.15, -0.1) is 0 Å². The molecule has 2 aromatic carbocycles. The maximum atomic E-state index is 12.6. The normalized spacial score (nSPS) is 24.3. The van der Waals surface area contributed by atoms with E-state index in [4.69, 9.17) is 0 Å². The number of hydrogen-bond acceptors (Lipinski definition) is 4. The Morgan fingerprint density at radius 3 is 2.63 bits per heavy atom. The Balaban J connectivity index is 1.34. The van der Waals surface area contributed by atoms with E-state index in [1.165, 1.54) is 16.3 Å². The molecule has 0 bridgehead atoms. The van der Waals surface area contributed by atoms with Crippen LogP contribution in [0, 0.1) is 0 Å². The van der Waals surface area contributed by atoms with Gasteiger partial charge in [0.1, 0.15) is 0 Å². The van der Waals surface area contributed by atoms with Crippen molar-refractivity contribution in [3.8, 4) is 0 Å². The highest BCUT2D eigenvalue weighted by molar-refractivity contribution is 5.83. The van der Waals surface area contributed by atoms with Crippen LogP contribution in [0.2, 0.25) is 0 Å². The highest BCUT2D eigenvalue weighted by Gasteiger charge is 2.31. The number of aliphatic hydroxyl groups excluding tert-OH is 1. The highest BCUT2D eigenvalue weighted by Crippen LogP contribution is 2.30. The zero-order valence-electron chi connectivity index (χ0n) is 15.8. The molecule has 2 fully saturated rings. The first-order valence-electron chi connectivity index (χ1n) is 10.1. The molecular formula is C22H29N3O2. The number of hydrogen-bond donors (Lipinski definition) is 2. The monoisotopic (exact) mass is 367 g/mol. The molecule has 4 rings (SSSR count). The first-order valence-corrected chi connectivity index (χ1v) is 10.1. The molecular weight excluding hydrogens is 338 g/mol. The van der Waals surface area contributed by atoms with Crippen LogP contribution in [0.1, 0.15) is 24.3 Å². The van der Waals surface area contributed by atoms with Crippen molar-refractivity contribution in [3.05, 3.63) is 48.0 Å². The quantitative estimate of drug-likeness (QED) is 0.865. The minimum Gasteiger partial charge on any atom is -0.391 e. The summed E-state index contributed by atoms with van der Waals surface area (Å²) in [5.74, 6) is 0.274. The lowest BCUT2D eigenvalue weighted by atomic mass is 9.86. The number of amides is 1. The molecule has 2 unspecified atom stereocenters. The summed E-state index contributed by atoms with van der Waals surface area (Å²) in [6, 6.07) is 14.7. The van der Waals surface area contributed by atoms with E-state index in [1.807, 2.05) is 17.0 Å². The average molecular weight is 367 g/mol. The van der Waals surface area contributed by atoms with Gasteiger partial charge >= 0.3 is 0 Å². The van der Waals surface area contributed by atoms with Crippen molar-refractivity contribution < 1.29 is 9.90 Å². The summed E-state index contributed by atoms with van der Waals surface area (Å²) in [6.07, 6.45) is 0.870. The maximum Gasteiger partial charge on any atom is 0.223 e. The molecule has 27 heavy (non-hydrogen) atoms. The number of piperidine rings is 1. The van der Waals surface area contributed by atoms with E-state index in [0.717, 1.165) is 45.7 Å². The van der Waals surface area contributed by atoms with E-state index < -0.39 is 6.10 Å². The topological polar surface area (TPSA) is 55.8 Å². The Morgan fingerprint density at radius 2 is 1.85 bits per heavy atom. The number of benzene rings is 2. The van der Waals surface area contributed by atoms with Crippen LogP contribution in [0.5, 0.6) is 0 Å². The van der Waals surface area contributed by atoms with Gasteiger partial charge in [0.2, 0.25) is 5.91 Å². The van der Waals surface area contributed by atoms with Gasteiger partial charge in [-0.2, -0.15) is 0 Å². The Bertz CT molecular complexity index is 788. The molecule has 2 aromatic rings. The van der Waals surface area contributed by atoms with E-state index in [2.05, 4.69) is 40.5 Å². The van der Waals surface area contributed by atoms with Crippen LogP contribution >= 0.6 is 0 Å². The first kappa shape index (κ1) is 18.4. The van der Waals surface area contributed by atoms with Crippen molar-refractivity contribution >= 4 is 16.7 Å². The van der Waals surface area contributed by atoms with E-state index in [-0.39, 0.29) is 11.8 Å². The fourth-order valence-corrected chi connectivity index (χ4v) is 4.33. The Hall–Kier alpha value is -1.95. The van der Waals surface area contributed by atoms with Crippen molar-refractivity contribution in [1.29, 1.82) is 0 Å². The largest absolute Gasteiger partial charge is 0.391 e. The van der Waals surface area contributed by atoms with Gasteiger partial charge in [0, 0.05) is 58.2 Å². The highest BCUT2D eigenvalue weighted by atomic mass is 16.3.